The smallest absolute Gasteiger partial charge is 0.229 e. The van der Waals surface area contributed by atoms with Crippen molar-refractivity contribution in [1.29, 1.82) is 0 Å². The van der Waals surface area contributed by atoms with Crippen LogP contribution in [0.2, 0.25) is 0 Å². The molecule has 0 aliphatic heterocycles. The van der Waals surface area contributed by atoms with Crippen molar-refractivity contribution in [1.82, 2.24) is 20.6 Å². The van der Waals surface area contributed by atoms with Crippen LogP contribution in [0.5, 0.6) is 0 Å². The van der Waals surface area contributed by atoms with Gasteiger partial charge in [0.25, 0.3) is 0 Å². The molecule has 140 valence electrons. The monoisotopic (exact) mass is 356 g/mol. The van der Waals surface area contributed by atoms with Crippen LogP contribution in [0, 0.1) is 17.8 Å². The van der Waals surface area contributed by atoms with Gasteiger partial charge in [-0.3, -0.25) is 19.6 Å². The Bertz CT molecular complexity index is 640. The molecule has 1 aromatic heterocycles. The molecule has 6 nitrogen and oxygen atoms in total. The molecule has 2 amide bonds. The van der Waals surface area contributed by atoms with E-state index < -0.39 is 0 Å². The van der Waals surface area contributed by atoms with Crippen LogP contribution in [0.3, 0.4) is 0 Å². The molecule has 5 rings (SSSR count). The third kappa shape index (κ3) is 3.89. The molecular weight excluding hydrogens is 328 g/mol. The lowest BCUT2D eigenvalue weighted by Crippen LogP contribution is -2.60. The van der Waals surface area contributed by atoms with Crippen LogP contribution in [-0.4, -0.2) is 33.4 Å². The Morgan fingerprint density at radius 3 is 2.35 bits per heavy atom. The standard InChI is InChI=1S/C20H28N4O2/c1-13(4-17-12-21-2-3-22-17)23-18(25)8-19(26)24-20-9-14-5-15(10-20)7-16(6-14)11-20/h2-3,12-16H,4-11H2,1H3,(H,23,25)(H,24,26). The highest BCUT2D eigenvalue weighted by Crippen LogP contribution is 2.55. The molecule has 4 bridgehead atoms. The Morgan fingerprint density at radius 1 is 1.12 bits per heavy atom. The second-order valence-corrected chi connectivity index (χ2v) is 8.79. The van der Waals surface area contributed by atoms with Gasteiger partial charge in [0.2, 0.25) is 11.8 Å². The zero-order valence-corrected chi connectivity index (χ0v) is 15.4. The first-order valence-electron chi connectivity index (χ1n) is 9.85. The maximum atomic E-state index is 12.5. The molecule has 1 unspecified atom stereocenters. The third-order valence-corrected chi connectivity index (χ3v) is 6.30. The molecule has 2 N–H and O–H groups in total. The van der Waals surface area contributed by atoms with Gasteiger partial charge in [0.05, 0.1) is 5.69 Å². The fourth-order valence-electron chi connectivity index (χ4n) is 5.88. The van der Waals surface area contributed by atoms with Crippen molar-refractivity contribution in [3.8, 4) is 0 Å². The maximum absolute atomic E-state index is 12.5. The summed E-state index contributed by atoms with van der Waals surface area (Å²) in [6.07, 6.45) is 12.8. The van der Waals surface area contributed by atoms with Crippen LogP contribution in [0.4, 0.5) is 0 Å². The topological polar surface area (TPSA) is 84.0 Å². The van der Waals surface area contributed by atoms with Gasteiger partial charge < -0.3 is 10.6 Å². The summed E-state index contributed by atoms with van der Waals surface area (Å²) in [5, 5.41) is 6.16. The Labute approximate surface area is 154 Å². The van der Waals surface area contributed by atoms with Crippen molar-refractivity contribution >= 4 is 11.8 Å². The molecule has 26 heavy (non-hydrogen) atoms. The number of nitrogens with one attached hydrogen (secondary N) is 2. The number of aromatic nitrogens is 2. The van der Waals surface area contributed by atoms with Crippen LogP contribution in [0.1, 0.15) is 57.6 Å². The van der Waals surface area contributed by atoms with Crippen molar-refractivity contribution in [3.05, 3.63) is 24.3 Å². The predicted molar refractivity (Wildman–Crippen MR) is 97.0 cm³/mol. The van der Waals surface area contributed by atoms with E-state index in [9.17, 15) is 9.59 Å². The molecule has 4 saturated carbocycles. The highest BCUT2D eigenvalue weighted by Gasteiger charge is 2.51. The molecule has 6 heteroatoms. The van der Waals surface area contributed by atoms with Gasteiger partial charge in [-0.2, -0.15) is 0 Å². The van der Waals surface area contributed by atoms with E-state index in [2.05, 4.69) is 20.6 Å². The van der Waals surface area contributed by atoms with E-state index >= 15 is 0 Å². The van der Waals surface area contributed by atoms with Gasteiger partial charge in [-0.15, -0.1) is 0 Å². The first-order chi connectivity index (χ1) is 12.5. The number of amides is 2. The molecule has 4 aliphatic rings. The molecule has 1 aromatic rings. The Balaban J connectivity index is 1.26. The van der Waals surface area contributed by atoms with Gasteiger partial charge in [0.1, 0.15) is 6.42 Å². The second kappa shape index (κ2) is 6.97. The number of carbonyl (C=O) groups is 2. The molecule has 0 spiro atoms. The first-order valence-corrected chi connectivity index (χ1v) is 9.85. The lowest BCUT2D eigenvalue weighted by molar-refractivity contribution is -0.132. The zero-order chi connectivity index (χ0) is 18.1. The second-order valence-electron chi connectivity index (χ2n) is 8.79. The van der Waals surface area contributed by atoms with Gasteiger partial charge in [0, 0.05) is 36.6 Å². The lowest BCUT2D eigenvalue weighted by Gasteiger charge is -2.56. The van der Waals surface area contributed by atoms with E-state index in [1.165, 1.54) is 19.3 Å². The molecule has 4 aliphatic carbocycles. The minimum absolute atomic E-state index is 0.0304. The number of carbonyl (C=O) groups excluding carboxylic acids is 2. The van der Waals surface area contributed by atoms with Gasteiger partial charge >= 0.3 is 0 Å². The van der Waals surface area contributed by atoms with Gasteiger partial charge in [-0.1, -0.05) is 0 Å². The number of hydrogen-bond donors (Lipinski definition) is 2. The maximum Gasteiger partial charge on any atom is 0.229 e. The number of rotatable bonds is 6. The molecular formula is C20H28N4O2. The third-order valence-electron chi connectivity index (χ3n) is 6.30. The fourth-order valence-corrected chi connectivity index (χ4v) is 5.88. The van der Waals surface area contributed by atoms with E-state index in [1.807, 2.05) is 6.92 Å². The van der Waals surface area contributed by atoms with Crippen LogP contribution in [0.25, 0.3) is 0 Å². The van der Waals surface area contributed by atoms with Crippen molar-refractivity contribution in [3.63, 3.8) is 0 Å². The number of nitrogens with zero attached hydrogens (tertiary/aromatic N) is 2. The first kappa shape index (κ1) is 17.4. The number of hydrogen-bond acceptors (Lipinski definition) is 4. The summed E-state index contributed by atoms with van der Waals surface area (Å²) >= 11 is 0. The highest BCUT2D eigenvalue weighted by atomic mass is 16.2. The van der Waals surface area contributed by atoms with Gasteiger partial charge in [-0.05, 0) is 63.2 Å². The van der Waals surface area contributed by atoms with Crippen LogP contribution in [0.15, 0.2) is 18.6 Å². The Hall–Kier alpha value is -1.98. The minimum Gasteiger partial charge on any atom is -0.353 e. The van der Waals surface area contributed by atoms with Crippen molar-refractivity contribution in [2.24, 2.45) is 17.8 Å². The SMILES string of the molecule is CC(Cc1cnccn1)NC(=O)CC(=O)NC12CC3CC(CC(C3)C1)C2. The van der Waals surface area contributed by atoms with Gasteiger partial charge in [-0.25, -0.2) is 0 Å². The van der Waals surface area contributed by atoms with Crippen molar-refractivity contribution in [2.45, 2.75) is 69.9 Å². The van der Waals surface area contributed by atoms with E-state index in [0.29, 0.717) is 6.42 Å². The van der Waals surface area contributed by atoms with E-state index in [-0.39, 0.29) is 29.8 Å². The molecule has 1 atom stereocenters. The van der Waals surface area contributed by atoms with E-state index in [1.54, 1.807) is 18.6 Å². The normalized spacial score (nSPS) is 32.9. The fraction of sp³-hybridized carbons (Fsp3) is 0.700. The van der Waals surface area contributed by atoms with E-state index in [0.717, 1.165) is 42.7 Å². The average molecular weight is 356 g/mol. The lowest BCUT2D eigenvalue weighted by atomic mass is 9.53. The molecule has 4 fully saturated rings. The van der Waals surface area contributed by atoms with Gasteiger partial charge in [0.15, 0.2) is 0 Å². The summed E-state index contributed by atoms with van der Waals surface area (Å²) in [6.45, 7) is 1.92. The Kier molecular flexibility index (Phi) is 4.67. The Morgan fingerprint density at radius 2 is 1.77 bits per heavy atom. The van der Waals surface area contributed by atoms with E-state index in [4.69, 9.17) is 0 Å². The highest BCUT2D eigenvalue weighted by molar-refractivity contribution is 5.97. The summed E-state index contributed by atoms with van der Waals surface area (Å²) in [5.74, 6) is 1.99. The summed E-state index contributed by atoms with van der Waals surface area (Å²) in [5.41, 5.74) is 0.801. The molecule has 0 radical (unpaired) electrons. The molecule has 1 heterocycles. The minimum atomic E-state index is -0.219. The quantitative estimate of drug-likeness (QED) is 0.764. The zero-order valence-electron chi connectivity index (χ0n) is 15.4. The van der Waals surface area contributed by atoms with Crippen molar-refractivity contribution in [2.75, 3.05) is 0 Å². The average Bonchev–Trinajstić information content (AvgIpc) is 2.53. The van der Waals surface area contributed by atoms with Crippen LogP contribution < -0.4 is 10.6 Å². The molecule has 0 saturated heterocycles. The van der Waals surface area contributed by atoms with Crippen LogP contribution >= 0.6 is 0 Å². The van der Waals surface area contributed by atoms with Crippen LogP contribution in [-0.2, 0) is 16.0 Å². The summed E-state index contributed by atoms with van der Waals surface area (Å²) < 4.78 is 0. The summed E-state index contributed by atoms with van der Waals surface area (Å²) in [7, 11) is 0. The van der Waals surface area contributed by atoms with Crippen molar-refractivity contribution < 1.29 is 9.59 Å². The molecule has 0 aromatic carbocycles. The summed E-state index contributed by atoms with van der Waals surface area (Å²) in [4.78, 5) is 33.0. The summed E-state index contributed by atoms with van der Waals surface area (Å²) in [6, 6.07) is -0.0773. The largest absolute Gasteiger partial charge is 0.353 e. The predicted octanol–water partition coefficient (Wildman–Crippen LogP) is 2.00.